The molecule has 0 aliphatic heterocycles. The van der Waals surface area contributed by atoms with Gasteiger partial charge < -0.3 is 10.2 Å². The van der Waals surface area contributed by atoms with Gasteiger partial charge in [-0.3, -0.25) is 15.1 Å². The third-order valence-corrected chi connectivity index (χ3v) is 3.09. The Hall–Kier alpha value is -2.89. The number of aryl methyl sites for hydroxylation is 2. The summed E-state index contributed by atoms with van der Waals surface area (Å²) in [5.41, 5.74) is 2.31. The van der Waals surface area contributed by atoms with E-state index in [0.717, 1.165) is 5.56 Å². The monoisotopic (exact) mass is 286 g/mol. The van der Waals surface area contributed by atoms with Gasteiger partial charge in [-0.15, -0.1) is 0 Å². The molecule has 0 heterocycles. The molecule has 0 saturated carbocycles. The normalized spacial score (nSPS) is 11.0. The SMILES string of the molecule is Cc1ccc([N+](=O)[O-])cc1N=Cc1c(C)cc(O)cc1O. The smallest absolute Gasteiger partial charge is 0.271 e. The van der Waals surface area contributed by atoms with Crippen molar-refractivity contribution in [1.82, 2.24) is 0 Å². The molecule has 2 aromatic carbocycles. The van der Waals surface area contributed by atoms with Crippen LogP contribution in [0.1, 0.15) is 16.7 Å². The zero-order chi connectivity index (χ0) is 15.6. The molecule has 0 fully saturated rings. The number of nitro benzene ring substituents is 1. The molecule has 0 amide bonds. The number of aromatic hydroxyl groups is 2. The second-order valence-corrected chi connectivity index (χ2v) is 4.68. The molecule has 0 atom stereocenters. The zero-order valence-corrected chi connectivity index (χ0v) is 11.6. The largest absolute Gasteiger partial charge is 0.508 e. The molecule has 0 aliphatic rings. The molecule has 0 saturated heterocycles. The summed E-state index contributed by atoms with van der Waals surface area (Å²) >= 11 is 0. The van der Waals surface area contributed by atoms with Crippen molar-refractivity contribution in [2.75, 3.05) is 0 Å². The molecule has 2 N–H and O–H groups in total. The van der Waals surface area contributed by atoms with E-state index in [2.05, 4.69) is 4.99 Å². The maximum absolute atomic E-state index is 10.8. The molecule has 6 heteroatoms. The van der Waals surface area contributed by atoms with Crippen LogP contribution >= 0.6 is 0 Å². The van der Waals surface area contributed by atoms with Crippen molar-refractivity contribution in [3.05, 3.63) is 57.1 Å². The number of nitro groups is 1. The Morgan fingerprint density at radius 2 is 1.86 bits per heavy atom. The van der Waals surface area contributed by atoms with Gasteiger partial charge in [0.2, 0.25) is 0 Å². The fourth-order valence-electron chi connectivity index (χ4n) is 1.91. The highest BCUT2D eigenvalue weighted by Gasteiger charge is 2.09. The minimum atomic E-state index is -0.484. The summed E-state index contributed by atoms with van der Waals surface area (Å²) in [6, 6.07) is 7.13. The van der Waals surface area contributed by atoms with Crippen LogP contribution in [0.3, 0.4) is 0 Å². The van der Waals surface area contributed by atoms with Gasteiger partial charge in [-0.1, -0.05) is 6.07 Å². The minimum absolute atomic E-state index is 0.0336. The van der Waals surface area contributed by atoms with Gasteiger partial charge in [0, 0.05) is 30.0 Å². The lowest BCUT2D eigenvalue weighted by Gasteiger charge is -2.05. The van der Waals surface area contributed by atoms with Crippen molar-refractivity contribution in [2.45, 2.75) is 13.8 Å². The Balaban J connectivity index is 2.42. The Bertz CT molecular complexity index is 715. The van der Waals surface area contributed by atoms with Crippen molar-refractivity contribution in [3.63, 3.8) is 0 Å². The quantitative estimate of drug-likeness (QED) is 0.513. The van der Waals surface area contributed by atoms with Crippen LogP contribution in [-0.2, 0) is 0 Å². The number of rotatable bonds is 3. The Morgan fingerprint density at radius 1 is 1.14 bits per heavy atom. The van der Waals surface area contributed by atoms with E-state index >= 15 is 0 Å². The molecule has 108 valence electrons. The van der Waals surface area contributed by atoms with Gasteiger partial charge in [0.05, 0.1) is 10.6 Å². The summed E-state index contributed by atoms with van der Waals surface area (Å²) < 4.78 is 0. The van der Waals surface area contributed by atoms with E-state index in [0.29, 0.717) is 16.8 Å². The van der Waals surface area contributed by atoms with Gasteiger partial charge in [-0.25, -0.2) is 0 Å². The van der Waals surface area contributed by atoms with Crippen molar-refractivity contribution in [2.24, 2.45) is 4.99 Å². The Morgan fingerprint density at radius 3 is 2.48 bits per heavy atom. The average molecular weight is 286 g/mol. The zero-order valence-electron chi connectivity index (χ0n) is 11.6. The highest BCUT2D eigenvalue weighted by atomic mass is 16.6. The lowest BCUT2D eigenvalue weighted by Crippen LogP contribution is -1.90. The van der Waals surface area contributed by atoms with Gasteiger partial charge in [0.15, 0.2) is 0 Å². The van der Waals surface area contributed by atoms with Crippen LogP contribution in [0, 0.1) is 24.0 Å². The molecule has 6 nitrogen and oxygen atoms in total. The van der Waals surface area contributed by atoms with Crippen molar-refractivity contribution in [3.8, 4) is 11.5 Å². The fraction of sp³-hybridized carbons (Fsp3) is 0.133. The minimum Gasteiger partial charge on any atom is -0.508 e. The van der Waals surface area contributed by atoms with E-state index in [-0.39, 0.29) is 17.2 Å². The maximum Gasteiger partial charge on any atom is 0.271 e. The number of phenolic OH excluding ortho intramolecular Hbond substituents is 2. The van der Waals surface area contributed by atoms with E-state index < -0.39 is 4.92 Å². The predicted molar refractivity (Wildman–Crippen MR) is 79.6 cm³/mol. The summed E-state index contributed by atoms with van der Waals surface area (Å²) in [7, 11) is 0. The van der Waals surface area contributed by atoms with Crippen molar-refractivity contribution >= 4 is 17.6 Å². The van der Waals surface area contributed by atoms with E-state index in [4.69, 9.17) is 0 Å². The van der Waals surface area contributed by atoms with Gasteiger partial charge >= 0.3 is 0 Å². The third kappa shape index (κ3) is 3.17. The van der Waals surface area contributed by atoms with Crippen LogP contribution < -0.4 is 0 Å². The maximum atomic E-state index is 10.8. The molecule has 0 bridgehead atoms. The van der Waals surface area contributed by atoms with Crippen LogP contribution in [0.15, 0.2) is 35.3 Å². The van der Waals surface area contributed by atoms with Gasteiger partial charge in [0.25, 0.3) is 5.69 Å². The highest BCUT2D eigenvalue weighted by Crippen LogP contribution is 2.28. The number of benzene rings is 2. The molecule has 2 rings (SSSR count). The van der Waals surface area contributed by atoms with Crippen LogP contribution in [0.2, 0.25) is 0 Å². The van der Waals surface area contributed by atoms with Crippen LogP contribution in [0.5, 0.6) is 11.5 Å². The first kappa shape index (κ1) is 14.5. The number of hydrogen-bond acceptors (Lipinski definition) is 5. The molecule has 0 unspecified atom stereocenters. The van der Waals surface area contributed by atoms with Crippen LogP contribution in [0.4, 0.5) is 11.4 Å². The number of hydrogen-bond donors (Lipinski definition) is 2. The lowest BCUT2D eigenvalue weighted by molar-refractivity contribution is -0.384. The molecule has 0 spiro atoms. The second-order valence-electron chi connectivity index (χ2n) is 4.68. The third-order valence-electron chi connectivity index (χ3n) is 3.09. The molecule has 0 aromatic heterocycles. The number of aliphatic imine (C=N–C) groups is 1. The number of nitrogens with zero attached hydrogens (tertiary/aromatic N) is 2. The standard InChI is InChI=1S/C15H14N2O4/c1-9-3-4-11(17(20)21)6-14(9)16-8-13-10(2)5-12(18)7-15(13)19/h3-8,18-19H,1-2H3. The van der Waals surface area contributed by atoms with Crippen LogP contribution in [0.25, 0.3) is 0 Å². The van der Waals surface area contributed by atoms with E-state index in [1.54, 1.807) is 19.9 Å². The molecule has 0 aliphatic carbocycles. The summed E-state index contributed by atoms with van der Waals surface area (Å²) in [6.45, 7) is 3.51. The van der Waals surface area contributed by atoms with Gasteiger partial charge in [-0.05, 0) is 31.0 Å². The molecule has 0 radical (unpaired) electrons. The van der Waals surface area contributed by atoms with Crippen LogP contribution in [-0.4, -0.2) is 21.4 Å². The molecular formula is C15H14N2O4. The van der Waals surface area contributed by atoms with E-state index in [1.807, 2.05) is 0 Å². The predicted octanol–water partition coefficient (Wildman–Crippen LogP) is 3.37. The first-order valence-corrected chi connectivity index (χ1v) is 6.20. The van der Waals surface area contributed by atoms with Gasteiger partial charge in [-0.2, -0.15) is 0 Å². The number of phenols is 2. The first-order valence-electron chi connectivity index (χ1n) is 6.20. The molecule has 2 aromatic rings. The van der Waals surface area contributed by atoms with Crippen molar-refractivity contribution < 1.29 is 15.1 Å². The summed E-state index contributed by atoms with van der Waals surface area (Å²) in [5, 5.41) is 29.9. The topological polar surface area (TPSA) is 96.0 Å². The summed E-state index contributed by atoms with van der Waals surface area (Å²) in [6.07, 6.45) is 1.43. The van der Waals surface area contributed by atoms with E-state index in [1.165, 1.54) is 30.5 Å². The highest BCUT2D eigenvalue weighted by molar-refractivity contribution is 5.88. The average Bonchev–Trinajstić information content (AvgIpc) is 2.39. The summed E-state index contributed by atoms with van der Waals surface area (Å²) in [5.74, 6) is -0.131. The Kier molecular flexibility index (Phi) is 3.89. The lowest BCUT2D eigenvalue weighted by atomic mass is 10.1. The van der Waals surface area contributed by atoms with Crippen molar-refractivity contribution in [1.29, 1.82) is 0 Å². The fourth-order valence-corrected chi connectivity index (χ4v) is 1.91. The van der Waals surface area contributed by atoms with Gasteiger partial charge in [0.1, 0.15) is 11.5 Å². The summed E-state index contributed by atoms with van der Waals surface area (Å²) in [4.78, 5) is 14.5. The van der Waals surface area contributed by atoms with E-state index in [9.17, 15) is 20.3 Å². The molecular weight excluding hydrogens is 272 g/mol. The number of non-ortho nitro benzene ring substituents is 1. The first-order chi connectivity index (χ1) is 9.88. The Labute approximate surface area is 121 Å². The molecule has 21 heavy (non-hydrogen) atoms. The second kappa shape index (κ2) is 5.62.